The number of piperazine rings is 1. The molecule has 0 atom stereocenters. The number of ether oxygens (including phenoxy) is 1. The van der Waals surface area contributed by atoms with E-state index in [1.807, 2.05) is 11.4 Å². The molecule has 2 rings (SSSR count). The molecule has 98 valence electrons. The van der Waals surface area contributed by atoms with Crippen molar-refractivity contribution in [1.29, 1.82) is 0 Å². The molecule has 0 radical (unpaired) electrons. The van der Waals surface area contributed by atoms with E-state index in [0.717, 1.165) is 8.45 Å². The van der Waals surface area contributed by atoms with Gasteiger partial charge in [-0.2, -0.15) is 0 Å². The topological polar surface area (TPSA) is 49.9 Å². The van der Waals surface area contributed by atoms with Crippen molar-refractivity contribution in [2.75, 3.05) is 33.3 Å². The first-order valence-electron chi connectivity index (χ1n) is 5.48. The Labute approximate surface area is 123 Å². The van der Waals surface area contributed by atoms with Gasteiger partial charge < -0.3 is 14.5 Å². The molecule has 1 saturated heterocycles. The van der Waals surface area contributed by atoms with Gasteiger partial charge in [-0.1, -0.05) is 0 Å². The van der Waals surface area contributed by atoms with Crippen LogP contribution in [0.1, 0.15) is 10.4 Å². The van der Waals surface area contributed by atoms with Crippen molar-refractivity contribution < 1.29 is 14.3 Å². The van der Waals surface area contributed by atoms with Gasteiger partial charge in [0.2, 0.25) is 0 Å². The van der Waals surface area contributed by atoms with Gasteiger partial charge in [0, 0.05) is 31.6 Å². The van der Waals surface area contributed by atoms with Crippen LogP contribution in [0.25, 0.3) is 0 Å². The van der Waals surface area contributed by atoms with Gasteiger partial charge in [-0.25, -0.2) is 4.79 Å². The number of hydrogen-bond acceptors (Lipinski definition) is 4. The van der Waals surface area contributed by atoms with Crippen LogP contribution in [0.2, 0.25) is 0 Å². The molecule has 7 heteroatoms. The minimum atomic E-state index is -0.327. The molecule has 18 heavy (non-hydrogen) atoms. The van der Waals surface area contributed by atoms with E-state index in [0.29, 0.717) is 26.2 Å². The van der Waals surface area contributed by atoms with Gasteiger partial charge in [-0.15, -0.1) is 11.3 Å². The highest BCUT2D eigenvalue weighted by Crippen LogP contribution is 2.18. The summed E-state index contributed by atoms with van der Waals surface area (Å²) in [5.74, 6) is 0.0404. The van der Waals surface area contributed by atoms with Crippen LogP contribution in [0.4, 0.5) is 4.79 Å². The maximum Gasteiger partial charge on any atom is 0.409 e. The van der Waals surface area contributed by atoms with Gasteiger partial charge in [0.1, 0.15) is 0 Å². The molecule has 0 unspecified atom stereocenters. The third kappa shape index (κ3) is 2.94. The van der Waals surface area contributed by atoms with Crippen LogP contribution in [-0.2, 0) is 4.74 Å². The molecule has 2 heterocycles. The molecule has 1 aliphatic rings. The van der Waals surface area contributed by atoms with Gasteiger partial charge in [0.15, 0.2) is 0 Å². The molecule has 1 fully saturated rings. The van der Waals surface area contributed by atoms with Gasteiger partial charge in [-0.05, 0) is 28.7 Å². The van der Waals surface area contributed by atoms with Gasteiger partial charge in [0.25, 0.3) is 5.91 Å². The van der Waals surface area contributed by atoms with Crippen molar-refractivity contribution in [3.63, 3.8) is 0 Å². The van der Waals surface area contributed by atoms with Crippen molar-refractivity contribution in [2.24, 2.45) is 0 Å². The van der Waals surface area contributed by atoms with Crippen LogP contribution in [-0.4, -0.2) is 55.1 Å². The van der Waals surface area contributed by atoms with E-state index in [1.165, 1.54) is 7.11 Å². The van der Waals surface area contributed by atoms with E-state index in [1.54, 1.807) is 21.1 Å². The Morgan fingerprint density at radius 1 is 1.28 bits per heavy atom. The minimum Gasteiger partial charge on any atom is -0.453 e. The highest BCUT2D eigenvalue weighted by molar-refractivity contribution is 14.1. The second-order valence-corrected chi connectivity index (χ2v) is 6.69. The fourth-order valence-corrected chi connectivity index (χ4v) is 3.15. The first-order valence-corrected chi connectivity index (χ1v) is 7.44. The molecule has 1 aromatic heterocycles. The molecule has 0 spiro atoms. The quantitative estimate of drug-likeness (QED) is 0.700. The summed E-state index contributed by atoms with van der Waals surface area (Å²) < 4.78 is 5.76. The molecule has 0 aromatic carbocycles. The smallest absolute Gasteiger partial charge is 0.409 e. The number of carbonyl (C=O) groups is 2. The van der Waals surface area contributed by atoms with Crippen LogP contribution >= 0.6 is 33.9 Å². The summed E-state index contributed by atoms with van der Waals surface area (Å²) in [4.78, 5) is 26.9. The van der Waals surface area contributed by atoms with Gasteiger partial charge >= 0.3 is 6.09 Å². The highest BCUT2D eigenvalue weighted by atomic mass is 127. The van der Waals surface area contributed by atoms with E-state index < -0.39 is 0 Å². The maximum absolute atomic E-state index is 12.2. The van der Waals surface area contributed by atoms with Crippen molar-refractivity contribution in [1.82, 2.24) is 9.80 Å². The largest absolute Gasteiger partial charge is 0.453 e. The van der Waals surface area contributed by atoms with Crippen molar-refractivity contribution in [3.05, 3.63) is 19.9 Å². The van der Waals surface area contributed by atoms with Crippen LogP contribution in [0.5, 0.6) is 0 Å². The predicted molar refractivity (Wildman–Crippen MR) is 76.9 cm³/mol. The average Bonchev–Trinajstić information content (AvgIpc) is 2.84. The zero-order valence-electron chi connectivity index (χ0n) is 9.89. The van der Waals surface area contributed by atoms with E-state index in [4.69, 9.17) is 0 Å². The summed E-state index contributed by atoms with van der Waals surface area (Å²) in [7, 11) is 1.37. The number of nitrogens with zero attached hydrogens (tertiary/aromatic N) is 2. The number of carbonyl (C=O) groups excluding carboxylic acids is 2. The Balaban J connectivity index is 1.94. The Morgan fingerprint density at radius 2 is 1.89 bits per heavy atom. The lowest BCUT2D eigenvalue weighted by Crippen LogP contribution is -2.50. The van der Waals surface area contributed by atoms with E-state index in [-0.39, 0.29) is 12.0 Å². The number of halogens is 1. The lowest BCUT2D eigenvalue weighted by molar-refractivity contribution is 0.0600. The molecule has 1 aliphatic heterocycles. The number of thiophene rings is 1. The molecular weight excluding hydrogens is 367 g/mol. The fourth-order valence-electron chi connectivity index (χ4n) is 1.83. The summed E-state index contributed by atoms with van der Waals surface area (Å²) >= 11 is 3.76. The number of amides is 2. The molecule has 0 aliphatic carbocycles. The second-order valence-electron chi connectivity index (χ2n) is 3.89. The maximum atomic E-state index is 12.2. The normalized spacial score (nSPS) is 15.7. The first kappa shape index (κ1) is 13.6. The minimum absolute atomic E-state index is 0.0404. The number of hydrogen-bond donors (Lipinski definition) is 0. The third-order valence-corrected chi connectivity index (χ3v) is 4.60. The molecule has 0 N–H and O–H groups in total. The standard InChI is InChI=1S/C11H13IN2O3S/c1-17-11(16)14-4-2-13(3-5-14)10(15)8-6-9(12)18-7-8/h6-7H,2-5H2,1H3. The van der Waals surface area contributed by atoms with Crippen molar-refractivity contribution in [2.45, 2.75) is 0 Å². The summed E-state index contributed by atoms with van der Waals surface area (Å²) in [5, 5.41) is 1.87. The highest BCUT2D eigenvalue weighted by Gasteiger charge is 2.25. The molecule has 2 amide bonds. The molecular formula is C11H13IN2O3S. The van der Waals surface area contributed by atoms with Crippen LogP contribution in [0.3, 0.4) is 0 Å². The summed E-state index contributed by atoms with van der Waals surface area (Å²) in [5.41, 5.74) is 0.732. The predicted octanol–water partition coefficient (Wildman–Crippen LogP) is 1.88. The zero-order valence-corrected chi connectivity index (χ0v) is 12.9. The van der Waals surface area contributed by atoms with E-state index in [2.05, 4.69) is 27.3 Å². The van der Waals surface area contributed by atoms with Crippen LogP contribution < -0.4 is 0 Å². The Morgan fingerprint density at radius 3 is 2.39 bits per heavy atom. The fraction of sp³-hybridized carbons (Fsp3) is 0.455. The molecule has 1 aromatic rings. The third-order valence-electron chi connectivity index (χ3n) is 2.81. The van der Waals surface area contributed by atoms with E-state index >= 15 is 0 Å². The zero-order chi connectivity index (χ0) is 13.1. The Kier molecular flexibility index (Phi) is 4.44. The first-order chi connectivity index (χ1) is 8.61. The summed E-state index contributed by atoms with van der Waals surface area (Å²) in [6.07, 6.45) is -0.327. The Bertz CT molecular complexity index is 455. The molecule has 0 saturated carbocycles. The summed E-state index contributed by atoms with van der Waals surface area (Å²) in [6.45, 7) is 2.17. The molecule has 0 bridgehead atoms. The van der Waals surface area contributed by atoms with Crippen LogP contribution in [0, 0.1) is 2.88 Å². The lowest BCUT2D eigenvalue weighted by atomic mass is 10.2. The van der Waals surface area contributed by atoms with Crippen LogP contribution in [0.15, 0.2) is 11.4 Å². The second kappa shape index (κ2) is 5.87. The molecule has 5 nitrogen and oxygen atoms in total. The number of methoxy groups -OCH3 is 1. The number of rotatable bonds is 1. The van der Waals surface area contributed by atoms with E-state index in [9.17, 15) is 9.59 Å². The van der Waals surface area contributed by atoms with Crippen molar-refractivity contribution >= 4 is 45.9 Å². The van der Waals surface area contributed by atoms with Crippen molar-refractivity contribution in [3.8, 4) is 0 Å². The van der Waals surface area contributed by atoms with Gasteiger partial charge in [-0.3, -0.25) is 4.79 Å². The summed E-state index contributed by atoms with van der Waals surface area (Å²) in [6, 6.07) is 1.89. The Hall–Kier alpha value is -0.830. The lowest BCUT2D eigenvalue weighted by Gasteiger charge is -2.33. The monoisotopic (exact) mass is 380 g/mol. The van der Waals surface area contributed by atoms with Gasteiger partial charge in [0.05, 0.1) is 15.6 Å². The average molecular weight is 380 g/mol. The SMILES string of the molecule is COC(=O)N1CCN(C(=O)c2csc(I)c2)CC1.